The molecule has 0 atom stereocenters. The molecular formula is C20H21N3O3. The molecule has 3 aliphatic rings. The number of fused-ring (bicyclic) bond motifs is 1. The number of amides is 3. The number of hydrogen-bond acceptors (Lipinski definition) is 4. The lowest BCUT2D eigenvalue weighted by atomic mass is 9.58. The summed E-state index contributed by atoms with van der Waals surface area (Å²) in [5.74, 6) is 1.84. The van der Waals surface area contributed by atoms with Crippen molar-refractivity contribution in [1.82, 2.24) is 10.3 Å². The quantitative estimate of drug-likeness (QED) is 0.862. The van der Waals surface area contributed by atoms with E-state index in [4.69, 9.17) is 4.74 Å². The van der Waals surface area contributed by atoms with Gasteiger partial charge in [0.1, 0.15) is 11.3 Å². The molecule has 1 aromatic carbocycles. The number of anilines is 1. The monoisotopic (exact) mass is 351 g/mol. The predicted octanol–water partition coefficient (Wildman–Crippen LogP) is 3.25. The van der Waals surface area contributed by atoms with Gasteiger partial charge in [-0.3, -0.25) is 9.78 Å². The Balaban J connectivity index is 1.50. The summed E-state index contributed by atoms with van der Waals surface area (Å²) >= 11 is 0. The van der Waals surface area contributed by atoms with E-state index in [0.29, 0.717) is 17.4 Å². The standard InChI is InChI=1S/C20H21N3O3/c1-26-15-6-5-13-10-21-11-17(16(13)7-15)23-18(24)20(22-19(23)25)8-14(9-20)12-3-2-4-12/h5-7,10-12,14H,2-4,8-9H2,1H3,(H,22,25). The first-order chi connectivity index (χ1) is 12.6. The molecule has 0 bridgehead atoms. The van der Waals surface area contributed by atoms with Gasteiger partial charge in [0.25, 0.3) is 5.91 Å². The molecule has 2 aromatic rings. The number of nitrogens with one attached hydrogen (secondary N) is 1. The maximum absolute atomic E-state index is 13.2. The van der Waals surface area contributed by atoms with Gasteiger partial charge in [-0.05, 0) is 42.9 Å². The third kappa shape index (κ3) is 2.08. The van der Waals surface area contributed by atoms with Gasteiger partial charge in [0, 0.05) is 17.0 Å². The number of imide groups is 1. The average molecular weight is 351 g/mol. The molecule has 2 heterocycles. The van der Waals surface area contributed by atoms with Crippen LogP contribution in [0.3, 0.4) is 0 Å². The Morgan fingerprint density at radius 2 is 2.00 bits per heavy atom. The first-order valence-electron chi connectivity index (χ1n) is 9.20. The van der Waals surface area contributed by atoms with Crippen molar-refractivity contribution < 1.29 is 14.3 Å². The molecule has 1 N–H and O–H groups in total. The summed E-state index contributed by atoms with van der Waals surface area (Å²) in [4.78, 5) is 31.4. The number of ether oxygens (including phenoxy) is 1. The van der Waals surface area contributed by atoms with Crippen molar-refractivity contribution in [1.29, 1.82) is 0 Å². The van der Waals surface area contributed by atoms with E-state index in [9.17, 15) is 9.59 Å². The van der Waals surface area contributed by atoms with Crippen molar-refractivity contribution in [3.63, 3.8) is 0 Å². The Morgan fingerprint density at radius 1 is 1.19 bits per heavy atom. The normalized spacial score (nSPS) is 28.2. The number of carbonyl (C=O) groups excluding carboxylic acids is 2. The van der Waals surface area contributed by atoms with Gasteiger partial charge >= 0.3 is 6.03 Å². The van der Waals surface area contributed by atoms with Crippen LogP contribution in [0.1, 0.15) is 32.1 Å². The Kier molecular flexibility index (Phi) is 3.26. The van der Waals surface area contributed by atoms with Crippen molar-refractivity contribution in [2.24, 2.45) is 11.8 Å². The number of rotatable bonds is 3. The molecule has 26 heavy (non-hydrogen) atoms. The fourth-order valence-corrected chi connectivity index (χ4v) is 4.63. The number of hydrogen-bond donors (Lipinski definition) is 1. The molecular weight excluding hydrogens is 330 g/mol. The van der Waals surface area contributed by atoms with Crippen LogP contribution in [0, 0.1) is 11.8 Å². The fraction of sp³-hybridized carbons (Fsp3) is 0.450. The zero-order valence-corrected chi connectivity index (χ0v) is 14.7. The van der Waals surface area contributed by atoms with Gasteiger partial charge in [-0.15, -0.1) is 0 Å². The fourth-order valence-electron chi connectivity index (χ4n) is 4.63. The molecule has 3 amide bonds. The van der Waals surface area contributed by atoms with Crippen LogP contribution < -0.4 is 15.0 Å². The highest BCUT2D eigenvalue weighted by molar-refractivity contribution is 6.26. The highest BCUT2D eigenvalue weighted by atomic mass is 16.5. The van der Waals surface area contributed by atoms with E-state index in [0.717, 1.165) is 29.5 Å². The minimum absolute atomic E-state index is 0.143. The maximum Gasteiger partial charge on any atom is 0.329 e. The van der Waals surface area contributed by atoms with Gasteiger partial charge in [0.15, 0.2) is 0 Å². The smallest absolute Gasteiger partial charge is 0.329 e. The molecule has 5 rings (SSSR count). The van der Waals surface area contributed by atoms with E-state index in [2.05, 4.69) is 10.3 Å². The lowest BCUT2D eigenvalue weighted by molar-refractivity contribution is -0.128. The van der Waals surface area contributed by atoms with E-state index >= 15 is 0 Å². The Hall–Kier alpha value is -2.63. The minimum atomic E-state index is -0.710. The number of pyridine rings is 1. The molecule has 6 heteroatoms. The topological polar surface area (TPSA) is 71.5 Å². The van der Waals surface area contributed by atoms with Gasteiger partial charge in [-0.2, -0.15) is 0 Å². The summed E-state index contributed by atoms with van der Waals surface area (Å²) in [6, 6.07) is 5.22. The lowest BCUT2D eigenvalue weighted by Crippen LogP contribution is -2.59. The Labute approximate surface area is 151 Å². The number of aromatic nitrogens is 1. The largest absolute Gasteiger partial charge is 0.497 e. The molecule has 1 saturated heterocycles. The van der Waals surface area contributed by atoms with E-state index in [1.165, 1.54) is 24.2 Å². The van der Waals surface area contributed by atoms with Crippen LogP contribution in [0.5, 0.6) is 5.75 Å². The van der Waals surface area contributed by atoms with Gasteiger partial charge in [-0.1, -0.05) is 19.3 Å². The average Bonchev–Trinajstić information content (AvgIpc) is 2.83. The van der Waals surface area contributed by atoms with E-state index in [-0.39, 0.29) is 11.9 Å². The number of carbonyl (C=O) groups is 2. The van der Waals surface area contributed by atoms with Crippen molar-refractivity contribution >= 4 is 28.4 Å². The van der Waals surface area contributed by atoms with Crippen molar-refractivity contribution in [3.8, 4) is 5.75 Å². The maximum atomic E-state index is 13.2. The lowest BCUT2D eigenvalue weighted by Gasteiger charge is -2.49. The summed E-state index contributed by atoms with van der Waals surface area (Å²) in [6.07, 6.45) is 8.66. The van der Waals surface area contributed by atoms with Crippen LogP contribution in [0.25, 0.3) is 10.8 Å². The summed E-state index contributed by atoms with van der Waals surface area (Å²) in [7, 11) is 1.60. The SMILES string of the molecule is COc1ccc2cncc(N3C(=O)NC4(CC(C5CCC5)C4)C3=O)c2c1. The van der Waals surface area contributed by atoms with Gasteiger partial charge in [0.2, 0.25) is 0 Å². The van der Waals surface area contributed by atoms with Gasteiger partial charge in [-0.25, -0.2) is 9.69 Å². The summed E-state index contributed by atoms with van der Waals surface area (Å²) in [5, 5.41) is 4.62. The Bertz CT molecular complexity index is 916. The van der Waals surface area contributed by atoms with Crippen molar-refractivity contribution in [2.45, 2.75) is 37.6 Å². The van der Waals surface area contributed by atoms with Crippen LogP contribution in [-0.2, 0) is 4.79 Å². The van der Waals surface area contributed by atoms with Crippen molar-refractivity contribution in [2.75, 3.05) is 12.0 Å². The summed E-state index contributed by atoms with van der Waals surface area (Å²) in [6.45, 7) is 0. The van der Waals surface area contributed by atoms with Crippen LogP contribution in [0.2, 0.25) is 0 Å². The molecule has 0 unspecified atom stereocenters. The van der Waals surface area contributed by atoms with E-state index in [1.807, 2.05) is 18.2 Å². The van der Waals surface area contributed by atoms with Crippen LogP contribution in [-0.4, -0.2) is 29.6 Å². The molecule has 6 nitrogen and oxygen atoms in total. The second kappa shape index (κ2) is 5.43. The van der Waals surface area contributed by atoms with Gasteiger partial charge < -0.3 is 10.1 Å². The van der Waals surface area contributed by atoms with Gasteiger partial charge in [0.05, 0.1) is 19.0 Å². The van der Waals surface area contributed by atoms with E-state index in [1.54, 1.807) is 19.5 Å². The number of nitrogens with zero attached hydrogens (tertiary/aromatic N) is 2. The molecule has 134 valence electrons. The van der Waals surface area contributed by atoms with Crippen LogP contribution in [0.15, 0.2) is 30.6 Å². The Morgan fingerprint density at radius 3 is 2.69 bits per heavy atom. The molecule has 2 saturated carbocycles. The third-order valence-electron chi connectivity index (χ3n) is 6.39. The number of benzene rings is 1. The zero-order chi connectivity index (χ0) is 17.9. The zero-order valence-electron chi connectivity index (χ0n) is 14.7. The molecule has 1 spiro atoms. The summed E-state index contributed by atoms with van der Waals surface area (Å²) in [5.41, 5.74) is -0.189. The van der Waals surface area contributed by atoms with Crippen LogP contribution in [0.4, 0.5) is 10.5 Å². The second-order valence-electron chi connectivity index (χ2n) is 7.76. The molecule has 2 aliphatic carbocycles. The summed E-state index contributed by atoms with van der Waals surface area (Å²) < 4.78 is 5.30. The molecule has 1 aliphatic heterocycles. The third-order valence-corrected chi connectivity index (χ3v) is 6.39. The molecule has 3 fully saturated rings. The molecule has 1 aromatic heterocycles. The van der Waals surface area contributed by atoms with Crippen LogP contribution >= 0.6 is 0 Å². The number of urea groups is 1. The molecule has 0 radical (unpaired) electrons. The predicted molar refractivity (Wildman–Crippen MR) is 97.1 cm³/mol. The highest BCUT2D eigenvalue weighted by Gasteiger charge is 2.60. The first kappa shape index (κ1) is 15.6. The minimum Gasteiger partial charge on any atom is -0.497 e. The highest BCUT2D eigenvalue weighted by Crippen LogP contribution is 2.51. The van der Waals surface area contributed by atoms with Crippen molar-refractivity contribution in [3.05, 3.63) is 30.6 Å². The second-order valence-corrected chi connectivity index (χ2v) is 7.76. The first-order valence-corrected chi connectivity index (χ1v) is 9.20. The number of methoxy groups -OCH3 is 1. The van der Waals surface area contributed by atoms with E-state index < -0.39 is 5.54 Å².